The Morgan fingerprint density at radius 3 is 1.46 bits per heavy atom. The van der Waals surface area contributed by atoms with Crippen LogP contribution in [-0.2, 0) is 0 Å². The molecular formula is C14H8N4S6. The first-order valence-corrected chi connectivity index (χ1v) is 11.7. The predicted octanol–water partition coefficient (Wildman–Crippen LogP) is 5.75. The molecule has 4 nitrogen and oxygen atoms in total. The van der Waals surface area contributed by atoms with Crippen LogP contribution in [0.3, 0.4) is 0 Å². The minimum atomic E-state index is 0.454. The molecule has 0 unspecified atom stereocenters. The Morgan fingerprint density at radius 2 is 1.08 bits per heavy atom. The second kappa shape index (κ2) is 10.3. The fourth-order valence-corrected chi connectivity index (χ4v) is 9.59. The highest BCUT2D eigenvalue weighted by atomic mass is 32.3. The maximum atomic E-state index is 9.11. The normalized spacial score (nSPS) is 16.8. The van der Waals surface area contributed by atoms with Crippen LogP contribution in [-0.4, -0.2) is 11.5 Å². The van der Waals surface area contributed by atoms with Crippen LogP contribution in [0.1, 0.15) is 12.8 Å². The Morgan fingerprint density at radius 1 is 0.667 bits per heavy atom. The van der Waals surface area contributed by atoms with Gasteiger partial charge in [0.1, 0.15) is 21.9 Å². The quantitative estimate of drug-likeness (QED) is 0.490. The number of hydrogen-bond acceptors (Lipinski definition) is 10. The van der Waals surface area contributed by atoms with Crippen LogP contribution in [0, 0.1) is 45.3 Å². The van der Waals surface area contributed by atoms with E-state index in [0.717, 1.165) is 28.5 Å². The Balaban J connectivity index is 2.11. The van der Waals surface area contributed by atoms with Crippen molar-refractivity contribution in [1.29, 1.82) is 21.0 Å². The number of allylic oxidation sites excluding steroid dienone is 2. The third-order valence-corrected chi connectivity index (χ3v) is 10.9. The second-order valence-electron chi connectivity index (χ2n) is 3.95. The maximum absolute atomic E-state index is 9.11. The lowest BCUT2D eigenvalue weighted by Crippen LogP contribution is -1.79. The van der Waals surface area contributed by atoms with Gasteiger partial charge in [-0.15, -0.1) is 23.5 Å². The molecule has 0 fully saturated rings. The molecular weight excluding hydrogens is 417 g/mol. The van der Waals surface area contributed by atoms with Crippen LogP contribution in [0.4, 0.5) is 0 Å². The molecule has 0 bridgehead atoms. The van der Waals surface area contributed by atoms with Crippen molar-refractivity contribution < 1.29 is 0 Å². The fourth-order valence-electron chi connectivity index (χ4n) is 1.44. The summed E-state index contributed by atoms with van der Waals surface area (Å²) in [5, 5.41) is 35.6. The standard InChI is InChI=1S/C14H8N4S6/c15-3-1-5-19-11-12(20-6-2-4-16)24-14(23-11)13-21-9(7-17)10(8-18)22-13/h1-2,5-6H2. The van der Waals surface area contributed by atoms with E-state index in [1.807, 2.05) is 0 Å². The van der Waals surface area contributed by atoms with Crippen LogP contribution >= 0.6 is 70.6 Å². The van der Waals surface area contributed by atoms with E-state index in [-0.39, 0.29) is 0 Å². The number of hydrogen-bond donors (Lipinski definition) is 0. The first-order valence-electron chi connectivity index (χ1n) is 6.47. The maximum Gasteiger partial charge on any atom is 0.115 e. The Bertz CT molecular complexity index is 722. The number of rotatable bonds is 6. The molecule has 0 amide bonds. The van der Waals surface area contributed by atoms with Crippen molar-refractivity contribution in [2.24, 2.45) is 0 Å². The summed E-state index contributed by atoms with van der Waals surface area (Å²) in [5.41, 5.74) is 0. The van der Waals surface area contributed by atoms with E-state index in [1.165, 1.54) is 23.5 Å². The molecule has 2 heterocycles. The molecule has 0 aromatic heterocycles. The minimum absolute atomic E-state index is 0.454. The van der Waals surface area contributed by atoms with Crippen LogP contribution < -0.4 is 0 Å². The molecule has 0 spiro atoms. The molecule has 0 aromatic rings. The lowest BCUT2D eigenvalue weighted by Gasteiger charge is -2.01. The van der Waals surface area contributed by atoms with Gasteiger partial charge < -0.3 is 0 Å². The Labute approximate surface area is 166 Å². The summed E-state index contributed by atoms with van der Waals surface area (Å²) in [7, 11) is 0. The second-order valence-corrected chi connectivity index (χ2v) is 11.3. The number of thioether (sulfide) groups is 6. The number of nitrogens with zero attached hydrogens (tertiary/aromatic N) is 4. The van der Waals surface area contributed by atoms with Gasteiger partial charge in [0.15, 0.2) is 0 Å². The molecule has 0 saturated heterocycles. The summed E-state index contributed by atoms with van der Waals surface area (Å²) in [4.78, 5) is 0.908. The highest BCUT2D eigenvalue weighted by molar-refractivity contribution is 8.42. The molecule has 10 heteroatoms. The monoisotopic (exact) mass is 424 g/mol. The Kier molecular flexibility index (Phi) is 8.42. The molecule has 120 valence electrons. The molecule has 2 aliphatic rings. The minimum Gasteiger partial charge on any atom is -0.198 e. The molecule has 2 rings (SSSR count). The lowest BCUT2D eigenvalue weighted by atomic mass is 10.5. The van der Waals surface area contributed by atoms with Gasteiger partial charge in [0.25, 0.3) is 0 Å². The number of nitriles is 4. The molecule has 0 atom stereocenters. The summed E-state index contributed by atoms with van der Waals surface area (Å²) in [6, 6.07) is 8.44. The van der Waals surface area contributed by atoms with E-state index < -0.39 is 0 Å². The van der Waals surface area contributed by atoms with Gasteiger partial charge in [0.2, 0.25) is 0 Å². The van der Waals surface area contributed by atoms with E-state index >= 15 is 0 Å². The van der Waals surface area contributed by atoms with Crippen LogP contribution in [0.25, 0.3) is 0 Å². The topological polar surface area (TPSA) is 95.2 Å². The van der Waals surface area contributed by atoms with E-state index in [9.17, 15) is 0 Å². The van der Waals surface area contributed by atoms with Crippen LogP contribution in [0.5, 0.6) is 0 Å². The zero-order valence-corrected chi connectivity index (χ0v) is 17.0. The molecule has 0 aromatic carbocycles. The highest BCUT2D eigenvalue weighted by Crippen LogP contribution is 2.63. The van der Waals surface area contributed by atoms with Crippen LogP contribution in [0.15, 0.2) is 26.8 Å². The average Bonchev–Trinajstić information content (AvgIpc) is 3.19. The predicted molar refractivity (Wildman–Crippen MR) is 108 cm³/mol. The van der Waals surface area contributed by atoms with Crippen molar-refractivity contribution in [1.82, 2.24) is 0 Å². The summed E-state index contributed by atoms with van der Waals surface area (Å²) < 4.78 is 4.32. The zero-order chi connectivity index (χ0) is 17.4. The van der Waals surface area contributed by atoms with Gasteiger partial charge in [-0.05, 0) is 0 Å². The molecule has 0 N–H and O–H groups in total. The molecule has 24 heavy (non-hydrogen) atoms. The van der Waals surface area contributed by atoms with Crippen molar-refractivity contribution in [2.75, 3.05) is 11.5 Å². The summed E-state index contributed by atoms with van der Waals surface area (Å²) in [6.45, 7) is 0. The Hall–Kier alpha value is -0.720. The molecule has 0 saturated carbocycles. The SMILES string of the molecule is N#CCCSC1=C(SCCC#N)SC(=C2SC(C#N)=C(C#N)S2)S1. The zero-order valence-electron chi connectivity index (χ0n) is 12.1. The van der Waals surface area contributed by atoms with Gasteiger partial charge >= 0.3 is 0 Å². The van der Waals surface area contributed by atoms with Gasteiger partial charge in [-0.2, -0.15) is 21.0 Å². The summed E-state index contributed by atoms with van der Waals surface area (Å²) >= 11 is 9.26. The smallest absolute Gasteiger partial charge is 0.115 e. The largest absolute Gasteiger partial charge is 0.198 e. The molecule has 0 aliphatic carbocycles. The van der Waals surface area contributed by atoms with E-state index in [4.69, 9.17) is 21.0 Å². The third-order valence-electron chi connectivity index (χ3n) is 2.40. The van der Waals surface area contributed by atoms with Gasteiger partial charge in [0.05, 0.1) is 29.1 Å². The highest BCUT2D eigenvalue weighted by Gasteiger charge is 2.30. The first kappa shape index (κ1) is 19.6. The van der Waals surface area contributed by atoms with Crippen molar-refractivity contribution in [3.05, 3.63) is 26.8 Å². The van der Waals surface area contributed by atoms with Crippen molar-refractivity contribution in [2.45, 2.75) is 12.8 Å². The van der Waals surface area contributed by atoms with Gasteiger partial charge in [-0.1, -0.05) is 47.0 Å². The summed E-state index contributed by atoms with van der Waals surface area (Å²) in [5.74, 6) is 1.46. The first-order chi connectivity index (χ1) is 11.7. The molecule has 2 aliphatic heterocycles. The molecule has 0 radical (unpaired) electrons. The van der Waals surface area contributed by atoms with Crippen molar-refractivity contribution >= 4 is 70.6 Å². The third kappa shape index (κ3) is 5.14. The van der Waals surface area contributed by atoms with E-state index in [0.29, 0.717) is 22.7 Å². The summed E-state index contributed by atoms with van der Waals surface area (Å²) in [6.07, 6.45) is 0.979. The van der Waals surface area contributed by atoms with Gasteiger partial charge in [0, 0.05) is 24.3 Å². The fraction of sp³-hybridized carbons (Fsp3) is 0.286. The van der Waals surface area contributed by atoms with Crippen molar-refractivity contribution in [3.8, 4) is 24.3 Å². The van der Waals surface area contributed by atoms with E-state index in [2.05, 4.69) is 24.3 Å². The lowest BCUT2D eigenvalue weighted by molar-refractivity contribution is 1.24. The van der Waals surface area contributed by atoms with E-state index in [1.54, 1.807) is 47.0 Å². The van der Waals surface area contributed by atoms with Crippen molar-refractivity contribution in [3.63, 3.8) is 0 Å². The van der Waals surface area contributed by atoms with Gasteiger partial charge in [-0.3, -0.25) is 0 Å². The average molecular weight is 425 g/mol. The van der Waals surface area contributed by atoms with Crippen LogP contribution in [0.2, 0.25) is 0 Å². The van der Waals surface area contributed by atoms with Gasteiger partial charge in [-0.25, -0.2) is 0 Å².